The topological polar surface area (TPSA) is 78.5 Å². The minimum atomic E-state index is -1.33. The zero-order valence-corrected chi connectivity index (χ0v) is 20.4. The third-order valence-corrected chi connectivity index (χ3v) is 9.23. The number of anilines is 2. The summed E-state index contributed by atoms with van der Waals surface area (Å²) in [7, 11) is 0. The summed E-state index contributed by atoms with van der Waals surface area (Å²) in [6.07, 6.45) is 1.56. The Morgan fingerprint density at radius 1 is 0.944 bits per heavy atom. The molecule has 0 aliphatic carbocycles. The van der Waals surface area contributed by atoms with Crippen molar-refractivity contribution in [3.63, 3.8) is 0 Å². The monoisotopic (exact) mass is 497 g/mol. The zero-order valence-electron chi connectivity index (χ0n) is 19.7. The third kappa shape index (κ3) is 2.34. The number of fused-ring (bicyclic) bond motifs is 7. The summed E-state index contributed by atoms with van der Waals surface area (Å²) < 4.78 is 0. The highest BCUT2D eigenvalue weighted by molar-refractivity contribution is 6.32. The summed E-state index contributed by atoms with van der Waals surface area (Å²) in [5.41, 5.74) is 1.61. The summed E-state index contributed by atoms with van der Waals surface area (Å²) in [6, 6.07) is 20.0. The Morgan fingerprint density at radius 3 is 2.50 bits per heavy atom. The van der Waals surface area contributed by atoms with Crippen molar-refractivity contribution in [1.29, 1.82) is 0 Å². The number of carbonyl (C=O) groups is 3. The Labute approximate surface area is 213 Å². The smallest absolute Gasteiger partial charge is 0.250 e. The van der Waals surface area contributed by atoms with E-state index in [-0.39, 0.29) is 23.6 Å². The van der Waals surface area contributed by atoms with Gasteiger partial charge < -0.3 is 10.6 Å². The van der Waals surface area contributed by atoms with E-state index in [2.05, 4.69) is 15.5 Å². The second-order valence-corrected chi connectivity index (χ2v) is 10.6. The van der Waals surface area contributed by atoms with Crippen LogP contribution in [-0.2, 0) is 20.5 Å². The molecule has 2 spiro atoms. The van der Waals surface area contributed by atoms with Crippen molar-refractivity contribution >= 4 is 40.6 Å². The van der Waals surface area contributed by atoms with E-state index >= 15 is 0 Å². The standard InChI is InChI=1S/C29H24ClN3O3/c1-16-20(30)14-13-19-23(16)32-27(36)29(19)25(24(34)17-8-3-2-4-9-17)28(22-12-7-15-33(22)29)18-10-5-6-11-21(18)31-26(28)35/h2-6,8-11,13-14,22,25H,7,12,15H2,1H3,(H,31,35)(H,32,36). The van der Waals surface area contributed by atoms with E-state index in [0.717, 1.165) is 29.5 Å². The molecule has 0 saturated carbocycles. The highest BCUT2D eigenvalue weighted by Gasteiger charge is 2.78. The van der Waals surface area contributed by atoms with Crippen molar-refractivity contribution in [1.82, 2.24) is 4.90 Å². The van der Waals surface area contributed by atoms with Crippen LogP contribution in [0.15, 0.2) is 66.7 Å². The molecule has 4 aliphatic heterocycles. The SMILES string of the molecule is Cc1c(Cl)ccc2c1NC(=O)C21C(C(=O)c2ccccc2)C2(C(=O)Nc3ccccc32)C2CCCN21. The molecule has 7 heteroatoms. The molecule has 4 aliphatic rings. The summed E-state index contributed by atoms with van der Waals surface area (Å²) >= 11 is 6.46. The lowest BCUT2D eigenvalue weighted by molar-refractivity contribution is -0.128. The molecule has 6 nitrogen and oxygen atoms in total. The average Bonchev–Trinajstić information content (AvgIpc) is 3.61. The molecule has 2 fully saturated rings. The van der Waals surface area contributed by atoms with Crippen molar-refractivity contribution in [3.05, 3.63) is 94.0 Å². The molecule has 0 aromatic heterocycles. The summed E-state index contributed by atoms with van der Waals surface area (Å²) in [5, 5.41) is 6.71. The number of Topliss-reactive ketones (excluding diaryl/α,β-unsaturated/α-hetero) is 1. The molecule has 3 aromatic carbocycles. The van der Waals surface area contributed by atoms with Gasteiger partial charge in [-0.15, -0.1) is 0 Å². The lowest BCUT2D eigenvalue weighted by atomic mass is 9.60. The Morgan fingerprint density at radius 2 is 1.69 bits per heavy atom. The molecule has 2 N–H and O–H groups in total. The summed E-state index contributed by atoms with van der Waals surface area (Å²) in [4.78, 5) is 45.3. The van der Waals surface area contributed by atoms with E-state index in [0.29, 0.717) is 28.5 Å². The molecule has 36 heavy (non-hydrogen) atoms. The van der Waals surface area contributed by atoms with Gasteiger partial charge in [-0.3, -0.25) is 19.3 Å². The van der Waals surface area contributed by atoms with Gasteiger partial charge in [0.1, 0.15) is 11.0 Å². The number of amides is 2. The van der Waals surface area contributed by atoms with E-state index in [9.17, 15) is 14.4 Å². The number of ketones is 1. The van der Waals surface area contributed by atoms with Gasteiger partial charge in [-0.05, 0) is 49.6 Å². The first-order valence-electron chi connectivity index (χ1n) is 12.3. The summed E-state index contributed by atoms with van der Waals surface area (Å²) in [5.74, 6) is -1.63. The van der Waals surface area contributed by atoms with Crippen LogP contribution in [0.3, 0.4) is 0 Å². The van der Waals surface area contributed by atoms with Gasteiger partial charge in [0.15, 0.2) is 5.78 Å². The normalized spacial score (nSPS) is 29.8. The highest BCUT2D eigenvalue weighted by Crippen LogP contribution is 2.66. The minimum absolute atomic E-state index is 0.201. The number of halogens is 1. The fraction of sp³-hybridized carbons (Fsp3) is 0.276. The molecule has 2 amide bonds. The van der Waals surface area contributed by atoms with Gasteiger partial charge in [0.25, 0.3) is 0 Å². The van der Waals surface area contributed by atoms with Crippen molar-refractivity contribution in [2.45, 2.75) is 36.8 Å². The number of hydrogen-bond acceptors (Lipinski definition) is 4. The summed E-state index contributed by atoms with van der Waals surface area (Å²) in [6.45, 7) is 2.49. The van der Waals surface area contributed by atoms with E-state index in [1.807, 2.05) is 55.5 Å². The first-order chi connectivity index (χ1) is 17.4. The van der Waals surface area contributed by atoms with E-state index in [4.69, 9.17) is 11.6 Å². The van der Waals surface area contributed by atoms with Gasteiger partial charge in [0, 0.05) is 27.9 Å². The number of benzene rings is 3. The first kappa shape index (κ1) is 21.8. The number of para-hydroxylation sites is 1. The Bertz CT molecular complexity index is 1490. The number of nitrogens with one attached hydrogen (secondary N) is 2. The first-order valence-corrected chi connectivity index (χ1v) is 12.7. The number of rotatable bonds is 2. The van der Waals surface area contributed by atoms with Crippen LogP contribution in [0, 0.1) is 12.8 Å². The fourth-order valence-electron chi connectivity index (χ4n) is 7.50. The van der Waals surface area contributed by atoms with Gasteiger partial charge >= 0.3 is 0 Å². The van der Waals surface area contributed by atoms with Crippen LogP contribution in [0.25, 0.3) is 0 Å². The lowest BCUT2D eigenvalue weighted by Crippen LogP contribution is -2.55. The second kappa shape index (κ2) is 7.28. The zero-order chi connectivity index (χ0) is 24.8. The van der Waals surface area contributed by atoms with Crippen LogP contribution in [0.4, 0.5) is 11.4 Å². The van der Waals surface area contributed by atoms with Crippen molar-refractivity contribution < 1.29 is 14.4 Å². The molecule has 7 rings (SSSR count). The third-order valence-electron chi connectivity index (χ3n) is 8.82. The maximum atomic E-state index is 14.7. The molecule has 3 aromatic rings. The maximum Gasteiger partial charge on any atom is 0.250 e. The predicted octanol–water partition coefficient (Wildman–Crippen LogP) is 4.66. The largest absolute Gasteiger partial charge is 0.325 e. The molecular formula is C29H24ClN3O3. The number of carbonyl (C=O) groups excluding carboxylic acids is 3. The fourth-order valence-corrected chi connectivity index (χ4v) is 7.66. The minimum Gasteiger partial charge on any atom is -0.325 e. The van der Waals surface area contributed by atoms with Gasteiger partial charge in [-0.1, -0.05) is 66.2 Å². The molecule has 4 atom stereocenters. The van der Waals surface area contributed by atoms with Crippen LogP contribution in [0.1, 0.15) is 39.9 Å². The van der Waals surface area contributed by atoms with Gasteiger partial charge in [0.05, 0.1) is 11.6 Å². The van der Waals surface area contributed by atoms with Gasteiger partial charge in [0.2, 0.25) is 11.8 Å². The van der Waals surface area contributed by atoms with Crippen molar-refractivity contribution in [2.24, 2.45) is 5.92 Å². The van der Waals surface area contributed by atoms with Crippen LogP contribution < -0.4 is 10.6 Å². The van der Waals surface area contributed by atoms with Crippen LogP contribution >= 0.6 is 11.6 Å². The molecule has 2 saturated heterocycles. The Kier molecular flexibility index (Phi) is 4.40. The van der Waals surface area contributed by atoms with Crippen LogP contribution in [0.2, 0.25) is 5.02 Å². The molecule has 180 valence electrons. The number of nitrogens with zero attached hydrogens (tertiary/aromatic N) is 1. The Balaban J connectivity index is 1.60. The Hall–Kier alpha value is -3.48. The maximum absolute atomic E-state index is 14.7. The molecular weight excluding hydrogens is 474 g/mol. The van der Waals surface area contributed by atoms with E-state index < -0.39 is 16.9 Å². The van der Waals surface area contributed by atoms with E-state index in [1.165, 1.54) is 0 Å². The quantitative estimate of drug-likeness (QED) is 0.505. The predicted molar refractivity (Wildman–Crippen MR) is 137 cm³/mol. The lowest BCUT2D eigenvalue weighted by Gasteiger charge is -2.38. The number of hydrogen-bond donors (Lipinski definition) is 2. The van der Waals surface area contributed by atoms with Gasteiger partial charge in [-0.2, -0.15) is 0 Å². The molecule has 4 unspecified atom stereocenters. The van der Waals surface area contributed by atoms with Crippen LogP contribution in [0.5, 0.6) is 0 Å². The molecule has 0 radical (unpaired) electrons. The molecule has 4 heterocycles. The highest BCUT2D eigenvalue weighted by atomic mass is 35.5. The van der Waals surface area contributed by atoms with Gasteiger partial charge in [-0.25, -0.2) is 0 Å². The molecule has 0 bridgehead atoms. The van der Waals surface area contributed by atoms with Crippen LogP contribution in [-0.4, -0.2) is 35.1 Å². The second-order valence-electron chi connectivity index (χ2n) is 10.2. The van der Waals surface area contributed by atoms with Crippen molar-refractivity contribution in [3.8, 4) is 0 Å². The van der Waals surface area contributed by atoms with E-state index in [1.54, 1.807) is 18.2 Å². The average molecular weight is 498 g/mol. The van der Waals surface area contributed by atoms with Crippen molar-refractivity contribution in [2.75, 3.05) is 17.2 Å².